The Kier molecular flexibility index (Phi) is 8.49. The van der Waals surface area contributed by atoms with Crippen molar-refractivity contribution in [2.75, 3.05) is 19.6 Å². The van der Waals surface area contributed by atoms with E-state index in [0.29, 0.717) is 19.0 Å². The molecule has 3 heterocycles. The average Bonchev–Trinajstić information content (AvgIpc) is 3.43. The van der Waals surface area contributed by atoms with E-state index in [1.807, 2.05) is 30.2 Å². The Morgan fingerprint density at radius 1 is 1.19 bits per heavy atom. The zero-order valence-electron chi connectivity index (χ0n) is 18.6. The van der Waals surface area contributed by atoms with Crippen molar-refractivity contribution in [2.24, 2.45) is 12.0 Å². The summed E-state index contributed by atoms with van der Waals surface area (Å²) in [4.78, 5) is 19.1. The van der Waals surface area contributed by atoms with Crippen LogP contribution in [0.2, 0.25) is 0 Å². The van der Waals surface area contributed by atoms with Gasteiger partial charge in [-0.3, -0.25) is 9.48 Å². The molecule has 1 unspecified atom stereocenters. The van der Waals surface area contributed by atoms with Crippen LogP contribution in [0.4, 0.5) is 0 Å². The lowest BCUT2D eigenvalue weighted by Gasteiger charge is -2.21. The highest BCUT2D eigenvalue weighted by Gasteiger charge is 2.26. The number of aryl methyl sites for hydroxylation is 1. The van der Waals surface area contributed by atoms with E-state index in [1.165, 1.54) is 5.56 Å². The minimum Gasteiger partial charge on any atom is -0.357 e. The van der Waals surface area contributed by atoms with Gasteiger partial charge >= 0.3 is 0 Å². The van der Waals surface area contributed by atoms with E-state index in [0.717, 1.165) is 43.1 Å². The van der Waals surface area contributed by atoms with Gasteiger partial charge in [-0.05, 0) is 36.1 Å². The Labute approximate surface area is 206 Å². The van der Waals surface area contributed by atoms with E-state index in [-0.39, 0.29) is 29.5 Å². The fraction of sp³-hybridized carbons (Fsp3) is 0.375. The van der Waals surface area contributed by atoms with Crippen molar-refractivity contribution in [2.45, 2.75) is 32.4 Å². The predicted molar refractivity (Wildman–Crippen MR) is 139 cm³/mol. The van der Waals surface area contributed by atoms with Crippen LogP contribution in [0.25, 0.3) is 0 Å². The lowest BCUT2D eigenvalue weighted by molar-refractivity contribution is 0.486. The molecule has 7 nitrogen and oxygen atoms in total. The summed E-state index contributed by atoms with van der Waals surface area (Å²) in [7, 11) is 1.96. The van der Waals surface area contributed by atoms with Crippen LogP contribution >= 0.6 is 24.0 Å². The van der Waals surface area contributed by atoms with Crippen molar-refractivity contribution in [1.29, 1.82) is 0 Å². The highest BCUT2D eigenvalue weighted by molar-refractivity contribution is 14.0. The molecule has 4 rings (SSSR count). The third kappa shape index (κ3) is 5.99. The topological polar surface area (TPSA) is 67.5 Å². The molecule has 1 atom stereocenters. The summed E-state index contributed by atoms with van der Waals surface area (Å²) in [6, 6.07) is 13.6. The summed E-state index contributed by atoms with van der Waals surface area (Å²) < 4.78 is 3.58. The molecular weight excluding hydrogens is 515 g/mol. The molecule has 1 saturated heterocycles. The van der Waals surface area contributed by atoms with Gasteiger partial charge in [-0.15, -0.1) is 24.0 Å². The number of aliphatic imine (C=N–C) groups is 1. The Morgan fingerprint density at radius 2 is 1.97 bits per heavy atom. The van der Waals surface area contributed by atoms with Crippen LogP contribution in [0.1, 0.15) is 36.0 Å². The average molecular weight is 546 g/mol. The highest BCUT2D eigenvalue weighted by Crippen LogP contribution is 2.26. The zero-order chi connectivity index (χ0) is 21.6. The van der Waals surface area contributed by atoms with E-state index >= 15 is 0 Å². The summed E-state index contributed by atoms with van der Waals surface area (Å²) in [5.74, 6) is 1.46. The van der Waals surface area contributed by atoms with Gasteiger partial charge in [0.25, 0.3) is 5.56 Å². The first-order chi connectivity index (χ1) is 15.1. The van der Waals surface area contributed by atoms with Gasteiger partial charge in [0.1, 0.15) is 0 Å². The van der Waals surface area contributed by atoms with Crippen molar-refractivity contribution >= 4 is 29.9 Å². The molecule has 3 aromatic rings. The van der Waals surface area contributed by atoms with Crippen LogP contribution in [0.3, 0.4) is 0 Å². The first-order valence-corrected chi connectivity index (χ1v) is 10.9. The van der Waals surface area contributed by atoms with Gasteiger partial charge in [0, 0.05) is 51.1 Å². The highest BCUT2D eigenvalue weighted by atomic mass is 127. The van der Waals surface area contributed by atoms with E-state index in [2.05, 4.69) is 52.7 Å². The summed E-state index contributed by atoms with van der Waals surface area (Å²) in [6.45, 7) is 6.11. The predicted octanol–water partition coefficient (Wildman–Crippen LogP) is 3.20. The molecule has 1 aliphatic heterocycles. The molecule has 1 aromatic carbocycles. The minimum atomic E-state index is 0. The van der Waals surface area contributed by atoms with Crippen LogP contribution < -0.4 is 10.9 Å². The molecule has 1 fully saturated rings. The Bertz CT molecular complexity index is 1090. The lowest BCUT2D eigenvalue weighted by atomic mass is 10.0. The van der Waals surface area contributed by atoms with Crippen LogP contribution in [0, 0.1) is 0 Å². The van der Waals surface area contributed by atoms with E-state index < -0.39 is 0 Å². The number of pyridine rings is 1. The Balaban J connectivity index is 0.00000289. The fourth-order valence-electron chi connectivity index (χ4n) is 4.01. The zero-order valence-corrected chi connectivity index (χ0v) is 21.0. The number of halogens is 1. The summed E-state index contributed by atoms with van der Waals surface area (Å²) >= 11 is 0. The van der Waals surface area contributed by atoms with Gasteiger partial charge in [0.15, 0.2) is 5.96 Å². The number of rotatable bonds is 6. The largest absolute Gasteiger partial charge is 0.357 e. The first-order valence-electron chi connectivity index (χ1n) is 10.9. The Morgan fingerprint density at radius 3 is 2.66 bits per heavy atom. The number of hydrogen-bond donors (Lipinski definition) is 1. The van der Waals surface area contributed by atoms with Crippen LogP contribution in [-0.4, -0.2) is 44.8 Å². The van der Waals surface area contributed by atoms with Crippen molar-refractivity contribution in [3.63, 3.8) is 0 Å². The second-order valence-electron chi connectivity index (χ2n) is 8.03. The van der Waals surface area contributed by atoms with E-state index in [9.17, 15) is 4.79 Å². The number of aromatic nitrogens is 3. The molecule has 0 aliphatic carbocycles. The minimum absolute atomic E-state index is 0. The maximum absolute atomic E-state index is 11.9. The second-order valence-corrected chi connectivity index (χ2v) is 8.03. The van der Waals surface area contributed by atoms with Gasteiger partial charge in [-0.2, -0.15) is 5.10 Å². The summed E-state index contributed by atoms with van der Waals surface area (Å²) in [5.41, 5.74) is 3.57. The molecule has 0 amide bonds. The molecule has 0 bridgehead atoms. The fourth-order valence-corrected chi connectivity index (χ4v) is 4.01. The first kappa shape index (κ1) is 24.0. The third-order valence-electron chi connectivity index (χ3n) is 5.71. The molecule has 1 aliphatic rings. The number of nitrogens with one attached hydrogen (secondary N) is 1. The second kappa shape index (κ2) is 11.3. The number of likely N-dealkylation sites (tertiary alicyclic amines) is 1. The molecule has 32 heavy (non-hydrogen) atoms. The third-order valence-corrected chi connectivity index (χ3v) is 5.71. The molecule has 0 spiro atoms. The van der Waals surface area contributed by atoms with Gasteiger partial charge in [-0.1, -0.05) is 30.3 Å². The van der Waals surface area contributed by atoms with Gasteiger partial charge < -0.3 is 14.8 Å². The van der Waals surface area contributed by atoms with Crippen molar-refractivity contribution < 1.29 is 0 Å². The molecule has 0 radical (unpaired) electrons. The number of hydrogen-bond acceptors (Lipinski definition) is 3. The maximum Gasteiger partial charge on any atom is 0.250 e. The van der Waals surface area contributed by atoms with Gasteiger partial charge in [-0.25, -0.2) is 4.99 Å². The molecular formula is C24H31IN6O. The molecule has 0 saturated carbocycles. The van der Waals surface area contributed by atoms with Gasteiger partial charge in [0.2, 0.25) is 0 Å². The van der Waals surface area contributed by atoms with Crippen LogP contribution in [0.5, 0.6) is 0 Å². The molecule has 2 aromatic heterocycles. The number of nitrogens with zero attached hydrogens (tertiary/aromatic N) is 5. The normalized spacial score (nSPS) is 16.1. The summed E-state index contributed by atoms with van der Waals surface area (Å²) in [5, 5.41) is 7.75. The van der Waals surface area contributed by atoms with Crippen molar-refractivity contribution in [3.05, 3.63) is 88.1 Å². The quantitative estimate of drug-likeness (QED) is 0.293. The number of guanidine groups is 1. The van der Waals surface area contributed by atoms with Crippen LogP contribution in [-0.2, 0) is 20.1 Å². The van der Waals surface area contributed by atoms with Crippen molar-refractivity contribution in [3.8, 4) is 0 Å². The SMILES string of the molecule is CCNC(=NCc1ccc(Cn2ccccc2=O)cc1)N1CCC(c2cnn(C)c2)C1.I. The Hall–Kier alpha value is -2.62. The van der Waals surface area contributed by atoms with E-state index in [1.54, 1.807) is 16.7 Å². The molecule has 170 valence electrons. The lowest BCUT2D eigenvalue weighted by Crippen LogP contribution is -2.40. The molecule has 8 heteroatoms. The molecule has 1 N–H and O–H groups in total. The standard InChI is InChI=1S/C24H30N6O.HI/c1-3-25-24(30-13-11-21(18-30)22-15-27-28(2)17-22)26-14-19-7-9-20(10-8-19)16-29-12-5-4-6-23(29)31;/h4-10,12,15,17,21H,3,11,13-14,16,18H2,1-2H3,(H,25,26);1H. The monoisotopic (exact) mass is 546 g/mol. The van der Waals surface area contributed by atoms with Gasteiger partial charge in [0.05, 0.1) is 19.3 Å². The van der Waals surface area contributed by atoms with E-state index in [4.69, 9.17) is 4.99 Å². The van der Waals surface area contributed by atoms with Crippen LogP contribution in [0.15, 0.2) is 70.8 Å². The smallest absolute Gasteiger partial charge is 0.250 e. The maximum atomic E-state index is 11.9. The number of benzene rings is 1. The summed E-state index contributed by atoms with van der Waals surface area (Å²) in [6.07, 6.45) is 7.02. The van der Waals surface area contributed by atoms with Crippen molar-refractivity contribution in [1.82, 2.24) is 24.6 Å².